The highest BCUT2D eigenvalue weighted by Crippen LogP contribution is 2.35. The van der Waals surface area contributed by atoms with Crippen molar-refractivity contribution in [3.8, 4) is 0 Å². The van der Waals surface area contributed by atoms with Gasteiger partial charge in [0.05, 0.1) is 5.69 Å². The second kappa shape index (κ2) is 5.23. The molecule has 1 aliphatic carbocycles. The van der Waals surface area contributed by atoms with E-state index in [0.717, 1.165) is 25.7 Å². The summed E-state index contributed by atoms with van der Waals surface area (Å²) in [6.07, 6.45) is 4.66. The molecular formula is C12H16FN3O. The van der Waals surface area contributed by atoms with E-state index in [1.165, 1.54) is 6.07 Å². The van der Waals surface area contributed by atoms with E-state index in [-0.39, 0.29) is 23.6 Å². The summed E-state index contributed by atoms with van der Waals surface area (Å²) in [7, 11) is 0. The molecule has 1 heterocycles. The minimum absolute atomic E-state index is 0.0389. The topological polar surface area (TPSA) is 68.0 Å². The van der Waals surface area contributed by atoms with Crippen LogP contribution in [0.3, 0.4) is 0 Å². The number of hydrogen-bond donors (Lipinski definition) is 2. The number of nitrogens with two attached hydrogens (primary N) is 1. The number of nitrogens with one attached hydrogen (secondary N) is 1. The Morgan fingerprint density at radius 2 is 2.12 bits per heavy atom. The van der Waals surface area contributed by atoms with Gasteiger partial charge in [-0.1, -0.05) is 0 Å². The molecule has 1 aliphatic rings. The monoisotopic (exact) mass is 237 g/mol. The maximum absolute atomic E-state index is 13.5. The lowest BCUT2D eigenvalue weighted by Gasteiger charge is -2.26. The Labute approximate surface area is 99.4 Å². The fourth-order valence-corrected chi connectivity index (χ4v) is 2.45. The van der Waals surface area contributed by atoms with Gasteiger partial charge in [0.25, 0.3) is 0 Å². The van der Waals surface area contributed by atoms with Crippen molar-refractivity contribution in [2.24, 2.45) is 11.8 Å². The lowest BCUT2D eigenvalue weighted by atomic mass is 9.80. The van der Waals surface area contributed by atoms with Gasteiger partial charge >= 0.3 is 0 Å². The van der Waals surface area contributed by atoms with Crippen molar-refractivity contribution in [3.63, 3.8) is 0 Å². The SMILES string of the molecule is NNC(=O)[C@H]1CC[C@H](c2ncccc2F)CC1. The maximum atomic E-state index is 13.5. The Morgan fingerprint density at radius 3 is 2.71 bits per heavy atom. The summed E-state index contributed by atoms with van der Waals surface area (Å²) in [5.74, 6) is 4.81. The lowest BCUT2D eigenvalue weighted by Crippen LogP contribution is -2.37. The second-order valence-electron chi connectivity index (χ2n) is 4.43. The van der Waals surface area contributed by atoms with Gasteiger partial charge in [0.2, 0.25) is 5.91 Å². The molecule has 1 saturated carbocycles. The quantitative estimate of drug-likeness (QED) is 0.465. The van der Waals surface area contributed by atoms with Gasteiger partial charge in [0, 0.05) is 18.0 Å². The van der Waals surface area contributed by atoms with Gasteiger partial charge in [0.1, 0.15) is 5.82 Å². The van der Waals surface area contributed by atoms with Crippen LogP contribution in [-0.4, -0.2) is 10.9 Å². The fourth-order valence-electron chi connectivity index (χ4n) is 2.45. The molecule has 92 valence electrons. The smallest absolute Gasteiger partial charge is 0.236 e. The summed E-state index contributed by atoms with van der Waals surface area (Å²) in [6.45, 7) is 0. The summed E-state index contributed by atoms with van der Waals surface area (Å²) in [6, 6.07) is 3.02. The van der Waals surface area contributed by atoms with Gasteiger partial charge in [-0.15, -0.1) is 0 Å². The van der Waals surface area contributed by atoms with Gasteiger partial charge in [-0.05, 0) is 37.8 Å². The summed E-state index contributed by atoms with van der Waals surface area (Å²) in [4.78, 5) is 15.4. The van der Waals surface area contributed by atoms with E-state index < -0.39 is 0 Å². The zero-order valence-electron chi connectivity index (χ0n) is 9.53. The number of pyridine rings is 1. The van der Waals surface area contributed by atoms with E-state index in [0.29, 0.717) is 5.69 Å². The Hall–Kier alpha value is -1.49. The van der Waals surface area contributed by atoms with Crippen molar-refractivity contribution in [2.45, 2.75) is 31.6 Å². The molecule has 17 heavy (non-hydrogen) atoms. The van der Waals surface area contributed by atoms with Gasteiger partial charge < -0.3 is 0 Å². The van der Waals surface area contributed by atoms with Crippen LogP contribution in [0.5, 0.6) is 0 Å². The van der Waals surface area contributed by atoms with E-state index in [9.17, 15) is 9.18 Å². The third-order valence-electron chi connectivity index (χ3n) is 3.41. The lowest BCUT2D eigenvalue weighted by molar-refractivity contribution is -0.126. The molecule has 2 rings (SSSR count). The Balaban J connectivity index is 2.00. The molecule has 4 nitrogen and oxygen atoms in total. The summed E-state index contributed by atoms with van der Waals surface area (Å²) < 4.78 is 13.5. The predicted octanol–water partition coefficient (Wildman–Crippen LogP) is 1.48. The number of amides is 1. The van der Waals surface area contributed by atoms with Crippen LogP contribution < -0.4 is 11.3 Å². The first-order valence-electron chi connectivity index (χ1n) is 5.83. The predicted molar refractivity (Wildman–Crippen MR) is 61.2 cm³/mol. The molecule has 1 fully saturated rings. The standard InChI is InChI=1S/C12H16FN3O/c13-10-2-1-7-15-11(10)8-3-5-9(6-4-8)12(17)16-14/h1-2,7-9H,3-6,14H2,(H,16,17)/t8-,9-. The van der Waals surface area contributed by atoms with Crippen molar-refractivity contribution in [3.05, 3.63) is 29.8 Å². The largest absolute Gasteiger partial charge is 0.294 e. The number of carbonyl (C=O) groups is 1. The van der Waals surface area contributed by atoms with Crippen LogP contribution in [0.15, 0.2) is 18.3 Å². The van der Waals surface area contributed by atoms with Gasteiger partial charge in [0.15, 0.2) is 0 Å². The third kappa shape index (κ3) is 2.61. The van der Waals surface area contributed by atoms with Crippen LogP contribution in [0.1, 0.15) is 37.3 Å². The number of nitrogens with zero attached hydrogens (tertiary/aromatic N) is 1. The molecule has 0 saturated heterocycles. The normalized spacial score (nSPS) is 24.4. The number of halogens is 1. The highest BCUT2D eigenvalue weighted by atomic mass is 19.1. The van der Waals surface area contributed by atoms with Crippen molar-refractivity contribution in [2.75, 3.05) is 0 Å². The third-order valence-corrected chi connectivity index (χ3v) is 3.41. The Morgan fingerprint density at radius 1 is 1.41 bits per heavy atom. The summed E-state index contributed by atoms with van der Waals surface area (Å²) >= 11 is 0. The molecule has 0 aromatic carbocycles. The highest BCUT2D eigenvalue weighted by molar-refractivity contribution is 5.78. The number of aromatic nitrogens is 1. The average Bonchev–Trinajstić information content (AvgIpc) is 2.39. The molecule has 0 spiro atoms. The van der Waals surface area contributed by atoms with E-state index in [1.807, 2.05) is 0 Å². The minimum Gasteiger partial charge on any atom is -0.294 e. The summed E-state index contributed by atoms with van der Waals surface area (Å²) in [5.41, 5.74) is 2.70. The van der Waals surface area contributed by atoms with Gasteiger partial charge in [-0.2, -0.15) is 0 Å². The first kappa shape index (κ1) is 12.0. The van der Waals surface area contributed by atoms with E-state index in [2.05, 4.69) is 10.4 Å². The number of rotatable bonds is 2. The van der Waals surface area contributed by atoms with Gasteiger partial charge in [-0.3, -0.25) is 15.2 Å². The van der Waals surface area contributed by atoms with Crippen LogP contribution in [0, 0.1) is 11.7 Å². The van der Waals surface area contributed by atoms with Crippen molar-refractivity contribution in [1.29, 1.82) is 0 Å². The molecule has 0 unspecified atom stereocenters. The second-order valence-corrected chi connectivity index (χ2v) is 4.43. The highest BCUT2D eigenvalue weighted by Gasteiger charge is 2.28. The van der Waals surface area contributed by atoms with Crippen LogP contribution in [-0.2, 0) is 4.79 Å². The van der Waals surface area contributed by atoms with Crippen LogP contribution in [0.2, 0.25) is 0 Å². The van der Waals surface area contributed by atoms with Crippen molar-refractivity contribution in [1.82, 2.24) is 10.4 Å². The molecule has 0 bridgehead atoms. The first-order valence-corrected chi connectivity index (χ1v) is 5.83. The molecule has 0 atom stereocenters. The van der Waals surface area contributed by atoms with Crippen molar-refractivity contribution >= 4 is 5.91 Å². The average molecular weight is 237 g/mol. The first-order chi connectivity index (χ1) is 8.22. The van der Waals surface area contributed by atoms with Crippen molar-refractivity contribution < 1.29 is 9.18 Å². The molecule has 1 amide bonds. The van der Waals surface area contributed by atoms with Crippen LogP contribution in [0.4, 0.5) is 4.39 Å². The molecule has 0 aliphatic heterocycles. The molecule has 3 N–H and O–H groups in total. The van der Waals surface area contributed by atoms with E-state index in [1.54, 1.807) is 12.3 Å². The molecule has 1 aromatic rings. The molecule has 1 aromatic heterocycles. The number of hydrazine groups is 1. The van der Waals surface area contributed by atoms with E-state index >= 15 is 0 Å². The molecule has 0 radical (unpaired) electrons. The van der Waals surface area contributed by atoms with Gasteiger partial charge in [-0.25, -0.2) is 10.2 Å². The number of hydrogen-bond acceptors (Lipinski definition) is 3. The maximum Gasteiger partial charge on any atom is 0.236 e. The minimum atomic E-state index is -0.251. The van der Waals surface area contributed by atoms with Crippen LogP contribution in [0.25, 0.3) is 0 Å². The molecular weight excluding hydrogens is 221 g/mol. The Bertz CT molecular complexity index is 402. The zero-order chi connectivity index (χ0) is 12.3. The summed E-state index contributed by atoms with van der Waals surface area (Å²) in [5, 5.41) is 0. The Kier molecular flexibility index (Phi) is 3.68. The zero-order valence-corrected chi connectivity index (χ0v) is 9.53. The van der Waals surface area contributed by atoms with E-state index in [4.69, 9.17) is 5.84 Å². The molecule has 5 heteroatoms. The number of carbonyl (C=O) groups excluding carboxylic acids is 1. The van der Waals surface area contributed by atoms with Crippen LogP contribution >= 0.6 is 0 Å². The fraction of sp³-hybridized carbons (Fsp3) is 0.500.